The highest BCUT2D eigenvalue weighted by molar-refractivity contribution is 6.34. The summed E-state index contributed by atoms with van der Waals surface area (Å²) in [6.07, 6.45) is 2.30. The molecule has 0 spiro atoms. The van der Waals surface area contributed by atoms with Gasteiger partial charge in [-0.2, -0.15) is 0 Å². The Hall–Kier alpha value is -2.38. The Bertz CT molecular complexity index is 916. The third-order valence-corrected chi connectivity index (χ3v) is 5.35. The minimum absolute atomic E-state index is 0.0305. The largest absolute Gasteiger partial charge is 0.495 e. The molecule has 8 heteroatoms. The highest BCUT2D eigenvalue weighted by Crippen LogP contribution is 2.42. The van der Waals surface area contributed by atoms with Crippen LogP contribution in [0.25, 0.3) is 10.9 Å². The van der Waals surface area contributed by atoms with Gasteiger partial charge in [-0.25, -0.2) is 0 Å². The summed E-state index contributed by atoms with van der Waals surface area (Å²) in [5, 5.41) is 1.30. The zero-order valence-electron chi connectivity index (χ0n) is 15.5. The monoisotopic (exact) mass is 391 g/mol. The fourth-order valence-corrected chi connectivity index (χ4v) is 3.96. The second-order valence-corrected chi connectivity index (χ2v) is 6.94. The van der Waals surface area contributed by atoms with E-state index >= 15 is 0 Å². The number of rotatable bonds is 6. The number of hydrogen-bond donors (Lipinski definition) is 1. The van der Waals surface area contributed by atoms with Crippen molar-refractivity contribution in [2.45, 2.75) is 32.4 Å². The maximum atomic E-state index is 12.4. The van der Waals surface area contributed by atoms with E-state index < -0.39 is 5.91 Å². The summed E-state index contributed by atoms with van der Waals surface area (Å²) < 4.78 is 10.4. The lowest BCUT2D eigenvalue weighted by Gasteiger charge is -2.22. The van der Waals surface area contributed by atoms with E-state index in [1.807, 2.05) is 13.0 Å². The lowest BCUT2D eigenvalue weighted by atomic mass is 9.96. The summed E-state index contributed by atoms with van der Waals surface area (Å²) in [6, 6.07) is 1.71. The molecule has 2 N–H and O–H groups in total. The third kappa shape index (κ3) is 3.44. The number of nitrogens with two attached hydrogens (primary N) is 1. The Morgan fingerprint density at radius 1 is 1.41 bits per heavy atom. The van der Waals surface area contributed by atoms with Gasteiger partial charge in [-0.3, -0.25) is 14.6 Å². The van der Waals surface area contributed by atoms with Crippen LogP contribution in [0.2, 0.25) is 5.02 Å². The van der Waals surface area contributed by atoms with Crippen molar-refractivity contribution < 1.29 is 19.1 Å². The minimum atomic E-state index is -0.409. The van der Waals surface area contributed by atoms with Crippen molar-refractivity contribution in [3.05, 3.63) is 34.0 Å². The maximum absolute atomic E-state index is 12.4. The Balaban J connectivity index is 2.15. The molecule has 144 valence electrons. The SMILES string of the molecule is COCC(=O)N1Cc2cnc3c(CCC(N)=O)c(Cl)c(OC)cc3c2[C@@H]1C. The van der Waals surface area contributed by atoms with Gasteiger partial charge in [0.2, 0.25) is 11.8 Å². The van der Waals surface area contributed by atoms with Gasteiger partial charge in [-0.15, -0.1) is 0 Å². The van der Waals surface area contributed by atoms with Crippen molar-refractivity contribution in [2.75, 3.05) is 20.8 Å². The number of amides is 2. The van der Waals surface area contributed by atoms with Crippen LogP contribution in [0, 0.1) is 0 Å². The number of fused-ring (bicyclic) bond motifs is 3. The minimum Gasteiger partial charge on any atom is -0.495 e. The highest BCUT2D eigenvalue weighted by Gasteiger charge is 2.33. The topological polar surface area (TPSA) is 94.8 Å². The van der Waals surface area contributed by atoms with Crippen LogP contribution in [-0.2, 0) is 27.3 Å². The number of carbonyl (C=O) groups excluding carboxylic acids is 2. The summed E-state index contributed by atoms with van der Waals surface area (Å²) in [5.74, 6) is 0.0184. The first-order chi connectivity index (χ1) is 12.9. The molecule has 2 aromatic rings. The van der Waals surface area contributed by atoms with Crippen LogP contribution in [0.5, 0.6) is 5.75 Å². The number of hydrogen-bond acceptors (Lipinski definition) is 5. The predicted octanol–water partition coefficient (Wildman–Crippen LogP) is 2.36. The molecule has 0 aliphatic carbocycles. The number of aromatic nitrogens is 1. The highest BCUT2D eigenvalue weighted by atomic mass is 35.5. The van der Waals surface area contributed by atoms with Gasteiger partial charge in [-0.1, -0.05) is 11.6 Å². The molecule has 0 saturated carbocycles. The number of halogens is 1. The van der Waals surface area contributed by atoms with Gasteiger partial charge in [0.15, 0.2) is 0 Å². The second kappa shape index (κ2) is 7.70. The smallest absolute Gasteiger partial charge is 0.249 e. The normalized spacial score (nSPS) is 15.9. The second-order valence-electron chi connectivity index (χ2n) is 6.56. The number of methoxy groups -OCH3 is 2. The maximum Gasteiger partial charge on any atom is 0.249 e. The number of aryl methyl sites for hydroxylation is 1. The van der Waals surface area contributed by atoms with Gasteiger partial charge in [-0.05, 0) is 30.5 Å². The number of nitrogens with zero attached hydrogens (tertiary/aromatic N) is 2. The fraction of sp³-hybridized carbons (Fsp3) is 0.421. The summed E-state index contributed by atoms with van der Waals surface area (Å²) in [4.78, 5) is 30.0. The Morgan fingerprint density at radius 3 is 2.78 bits per heavy atom. The molecule has 1 aromatic heterocycles. The number of benzene rings is 1. The van der Waals surface area contributed by atoms with E-state index in [9.17, 15) is 9.59 Å². The van der Waals surface area contributed by atoms with Crippen molar-refractivity contribution in [2.24, 2.45) is 5.73 Å². The Labute approximate surface area is 162 Å². The molecule has 0 unspecified atom stereocenters. The van der Waals surface area contributed by atoms with E-state index in [2.05, 4.69) is 4.98 Å². The van der Waals surface area contributed by atoms with E-state index in [0.29, 0.717) is 29.3 Å². The molecule has 2 heterocycles. The number of carbonyl (C=O) groups is 2. The molecule has 1 aliphatic heterocycles. The summed E-state index contributed by atoms with van der Waals surface area (Å²) in [6.45, 7) is 2.48. The summed E-state index contributed by atoms with van der Waals surface area (Å²) in [5.41, 5.74) is 8.72. The molecular formula is C19H22ClN3O4. The van der Waals surface area contributed by atoms with Gasteiger partial charge in [0.05, 0.1) is 23.7 Å². The average molecular weight is 392 g/mol. The van der Waals surface area contributed by atoms with Crippen LogP contribution < -0.4 is 10.5 Å². The zero-order chi connectivity index (χ0) is 19.7. The van der Waals surface area contributed by atoms with Crippen molar-refractivity contribution >= 4 is 34.3 Å². The summed E-state index contributed by atoms with van der Waals surface area (Å²) >= 11 is 6.48. The van der Waals surface area contributed by atoms with Crippen LogP contribution in [0.4, 0.5) is 0 Å². The van der Waals surface area contributed by atoms with Crippen LogP contribution >= 0.6 is 11.6 Å². The van der Waals surface area contributed by atoms with E-state index in [1.165, 1.54) is 7.11 Å². The van der Waals surface area contributed by atoms with E-state index in [0.717, 1.165) is 22.1 Å². The first kappa shape index (κ1) is 19.4. The quantitative estimate of drug-likeness (QED) is 0.815. The van der Waals surface area contributed by atoms with Crippen LogP contribution in [0.3, 0.4) is 0 Å². The van der Waals surface area contributed by atoms with Crippen LogP contribution in [0.15, 0.2) is 12.3 Å². The number of ether oxygens (including phenoxy) is 2. The molecule has 0 saturated heterocycles. The van der Waals surface area contributed by atoms with Crippen molar-refractivity contribution in [3.63, 3.8) is 0 Å². The van der Waals surface area contributed by atoms with Crippen molar-refractivity contribution in [1.82, 2.24) is 9.88 Å². The molecule has 0 fully saturated rings. The molecule has 7 nitrogen and oxygen atoms in total. The molecule has 1 aromatic carbocycles. The van der Waals surface area contributed by atoms with Gasteiger partial charge < -0.3 is 20.1 Å². The Morgan fingerprint density at radius 2 is 2.15 bits per heavy atom. The molecule has 0 radical (unpaired) electrons. The predicted molar refractivity (Wildman–Crippen MR) is 102 cm³/mol. The van der Waals surface area contributed by atoms with Gasteiger partial charge in [0.25, 0.3) is 0 Å². The molecule has 27 heavy (non-hydrogen) atoms. The lowest BCUT2D eigenvalue weighted by molar-refractivity contribution is -0.137. The first-order valence-corrected chi connectivity index (χ1v) is 9.00. The van der Waals surface area contributed by atoms with Crippen molar-refractivity contribution in [3.8, 4) is 5.75 Å². The van der Waals surface area contributed by atoms with E-state index in [1.54, 1.807) is 18.2 Å². The molecule has 2 amide bonds. The third-order valence-electron chi connectivity index (χ3n) is 4.94. The molecular weight excluding hydrogens is 370 g/mol. The first-order valence-electron chi connectivity index (χ1n) is 8.62. The summed E-state index contributed by atoms with van der Waals surface area (Å²) in [7, 11) is 3.04. The molecule has 1 atom stereocenters. The fourth-order valence-electron chi connectivity index (χ4n) is 3.65. The van der Waals surface area contributed by atoms with Gasteiger partial charge in [0.1, 0.15) is 12.4 Å². The van der Waals surface area contributed by atoms with Gasteiger partial charge >= 0.3 is 0 Å². The van der Waals surface area contributed by atoms with E-state index in [4.69, 9.17) is 26.8 Å². The Kier molecular flexibility index (Phi) is 5.53. The van der Waals surface area contributed by atoms with E-state index in [-0.39, 0.29) is 25.0 Å². The average Bonchev–Trinajstić information content (AvgIpc) is 2.97. The molecule has 3 rings (SSSR count). The van der Waals surface area contributed by atoms with Gasteiger partial charge in [0, 0.05) is 37.2 Å². The zero-order valence-corrected chi connectivity index (χ0v) is 16.3. The van der Waals surface area contributed by atoms with Crippen LogP contribution in [0.1, 0.15) is 36.1 Å². The standard InChI is InChI=1S/C19H22ClN3O4/c1-10-17-11(8-23(10)16(25)9-26-2)7-22-19-12(4-5-15(21)24)18(20)14(27-3)6-13(17)19/h6-7,10H,4-5,8-9H2,1-3H3,(H2,21,24)/t10-/m0/s1. The van der Waals surface area contributed by atoms with Crippen LogP contribution in [-0.4, -0.2) is 42.5 Å². The molecule has 1 aliphatic rings. The number of primary amides is 1. The molecule has 0 bridgehead atoms. The lowest BCUT2D eigenvalue weighted by Crippen LogP contribution is -2.31. The van der Waals surface area contributed by atoms with Crippen molar-refractivity contribution in [1.29, 1.82) is 0 Å². The number of pyridine rings is 1.